The van der Waals surface area contributed by atoms with Crippen LogP contribution in [-0.4, -0.2) is 16.6 Å². The topological polar surface area (TPSA) is 49.9 Å². The number of pyridine rings is 1. The zero-order chi connectivity index (χ0) is 15.2. The smallest absolute Gasteiger partial charge is 0.217 e. The van der Waals surface area contributed by atoms with Gasteiger partial charge >= 0.3 is 0 Å². The highest BCUT2D eigenvalue weighted by Crippen LogP contribution is 2.18. The van der Waals surface area contributed by atoms with Gasteiger partial charge in [0.05, 0.1) is 6.61 Å². The van der Waals surface area contributed by atoms with Crippen LogP contribution < -0.4 is 10.1 Å². The van der Waals surface area contributed by atoms with Gasteiger partial charge in [-0.15, -0.1) is 0 Å². The lowest BCUT2D eigenvalue weighted by Gasteiger charge is -2.11. The fraction of sp³-hybridized carbons (Fsp3) is 0.278. The Balaban J connectivity index is 1.65. The molecule has 0 amide bonds. The van der Waals surface area contributed by atoms with Crippen LogP contribution in [-0.2, 0) is 13.1 Å². The van der Waals surface area contributed by atoms with Gasteiger partial charge in [0.2, 0.25) is 5.88 Å². The molecule has 0 aliphatic rings. The summed E-state index contributed by atoms with van der Waals surface area (Å²) in [4.78, 5) is 7.56. The maximum atomic E-state index is 5.69. The SMILES string of the molecule is CCCOc1ncccc1CNCc1cccc2[nH]ccc12. The van der Waals surface area contributed by atoms with Crippen LogP contribution in [0.4, 0.5) is 0 Å². The molecule has 2 aromatic heterocycles. The zero-order valence-corrected chi connectivity index (χ0v) is 12.8. The molecule has 0 radical (unpaired) electrons. The quantitative estimate of drug-likeness (QED) is 0.699. The van der Waals surface area contributed by atoms with Crippen molar-refractivity contribution in [3.05, 3.63) is 59.9 Å². The Kier molecular flexibility index (Phi) is 4.71. The van der Waals surface area contributed by atoms with Crippen molar-refractivity contribution in [1.29, 1.82) is 0 Å². The van der Waals surface area contributed by atoms with E-state index in [0.717, 1.165) is 31.0 Å². The molecule has 0 unspecified atom stereocenters. The van der Waals surface area contributed by atoms with Crippen LogP contribution in [0.3, 0.4) is 0 Å². The molecule has 0 saturated carbocycles. The largest absolute Gasteiger partial charge is 0.477 e. The Morgan fingerprint density at radius 2 is 1.95 bits per heavy atom. The molecule has 0 atom stereocenters. The molecule has 114 valence electrons. The van der Waals surface area contributed by atoms with Crippen LogP contribution in [0.25, 0.3) is 10.9 Å². The second-order valence-corrected chi connectivity index (χ2v) is 5.28. The lowest BCUT2D eigenvalue weighted by atomic mass is 10.1. The summed E-state index contributed by atoms with van der Waals surface area (Å²) < 4.78 is 5.69. The first kappa shape index (κ1) is 14.6. The molecule has 1 aromatic carbocycles. The molecule has 0 spiro atoms. The second-order valence-electron chi connectivity index (χ2n) is 5.28. The average molecular weight is 295 g/mol. The van der Waals surface area contributed by atoms with Gasteiger partial charge in [0.15, 0.2) is 0 Å². The minimum absolute atomic E-state index is 0.701. The standard InChI is InChI=1S/C18H21N3O/c1-2-11-22-18-15(6-4-9-21-18)13-19-12-14-5-3-7-17-16(14)8-10-20-17/h3-10,19-20H,2,11-13H2,1H3. The summed E-state index contributed by atoms with van der Waals surface area (Å²) in [7, 11) is 0. The van der Waals surface area contributed by atoms with Crippen LogP contribution in [0, 0.1) is 0 Å². The van der Waals surface area contributed by atoms with Gasteiger partial charge in [-0.3, -0.25) is 0 Å². The summed E-state index contributed by atoms with van der Waals surface area (Å²) >= 11 is 0. The van der Waals surface area contributed by atoms with E-state index in [0.29, 0.717) is 6.61 Å². The summed E-state index contributed by atoms with van der Waals surface area (Å²) in [5.74, 6) is 0.733. The van der Waals surface area contributed by atoms with Crippen molar-refractivity contribution < 1.29 is 4.74 Å². The van der Waals surface area contributed by atoms with E-state index >= 15 is 0 Å². The molecule has 3 aromatic rings. The summed E-state index contributed by atoms with van der Waals surface area (Å²) in [5, 5.41) is 4.75. The number of H-pyrrole nitrogens is 1. The lowest BCUT2D eigenvalue weighted by molar-refractivity contribution is 0.301. The third-order valence-corrected chi connectivity index (χ3v) is 3.61. The van der Waals surface area contributed by atoms with E-state index in [9.17, 15) is 0 Å². The number of aromatic nitrogens is 2. The molecule has 0 fully saturated rings. The highest BCUT2D eigenvalue weighted by atomic mass is 16.5. The van der Waals surface area contributed by atoms with E-state index in [2.05, 4.69) is 52.5 Å². The maximum Gasteiger partial charge on any atom is 0.217 e. The number of hydrogen-bond acceptors (Lipinski definition) is 3. The zero-order valence-electron chi connectivity index (χ0n) is 12.8. The molecule has 2 N–H and O–H groups in total. The number of rotatable bonds is 7. The molecule has 0 aliphatic carbocycles. The monoisotopic (exact) mass is 295 g/mol. The predicted octanol–water partition coefficient (Wildman–Crippen LogP) is 3.64. The van der Waals surface area contributed by atoms with E-state index < -0.39 is 0 Å². The Morgan fingerprint density at radius 3 is 2.86 bits per heavy atom. The van der Waals surface area contributed by atoms with Crippen molar-refractivity contribution in [2.45, 2.75) is 26.4 Å². The number of ether oxygens (including phenoxy) is 1. The third-order valence-electron chi connectivity index (χ3n) is 3.61. The number of fused-ring (bicyclic) bond motifs is 1. The van der Waals surface area contributed by atoms with Gasteiger partial charge in [0.1, 0.15) is 0 Å². The Bertz CT molecular complexity index is 736. The van der Waals surface area contributed by atoms with E-state index in [-0.39, 0.29) is 0 Å². The van der Waals surface area contributed by atoms with Crippen molar-refractivity contribution in [1.82, 2.24) is 15.3 Å². The van der Waals surface area contributed by atoms with Gasteiger partial charge in [-0.2, -0.15) is 0 Å². The van der Waals surface area contributed by atoms with Crippen molar-refractivity contribution in [2.75, 3.05) is 6.61 Å². The molecular formula is C18H21N3O. The molecule has 0 saturated heterocycles. The fourth-order valence-corrected chi connectivity index (χ4v) is 2.52. The highest BCUT2D eigenvalue weighted by molar-refractivity contribution is 5.82. The molecule has 0 aliphatic heterocycles. The van der Waals surface area contributed by atoms with E-state index in [1.54, 1.807) is 6.20 Å². The summed E-state index contributed by atoms with van der Waals surface area (Å²) in [5.41, 5.74) is 3.56. The number of nitrogens with zero attached hydrogens (tertiary/aromatic N) is 1. The predicted molar refractivity (Wildman–Crippen MR) is 88.9 cm³/mol. The Morgan fingerprint density at radius 1 is 1.09 bits per heavy atom. The molecule has 4 heteroatoms. The summed E-state index contributed by atoms with van der Waals surface area (Å²) in [6, 6.07) is 12.4. The van der Waals surface area contributed by atoms with Crippen LogP contribution in [0.5, 0.6) is 5.88 Å². The normalized spacial score (nSPS) is 11.0. The average Bonchev–Trinajstić information content (AvgIpc) is 3.03. The Hall–Kier alpha value is -2.33. The van der Waals surface area contributed by atoms with Crippen molar-refractivity contribution in [3.63, 3.8) is 0 Å². The summed E-state index contributed by atoms with van der Waals surface area (Å²) in [6.45, 7) is 4.36. The van der Waals surface area contributed by atoms with Crippen LogP contribution >= 0.6 is 0 Å². The number of aromatic amines is 1. The van der Waals surface area contributed by atoms with E-state index in [4.69, 9.17) is 4.74 Å². The minimum Gasteiger partial charge on any atom is -0.477 e. The Labute approximate surface area is 130 Å². The van der Waals surface area contributed by atoms with Gasteiger partial charge in [-0.05, 0) is 30.2 Å². The maximum absolute atomic E-state index is 5.69. The minimum atomic E-state index is 0.701. The third kappa shape index (κ3) is 3.28. The second kappa shape index (κ2) is 7.09. The molecule has 3 rings (SSSR count). The molecule has 4 nitrogen and oxygen atoms in total. The number of benzene rings is 1. The number of hydrogen-bond donors (Lipinski definition) is 2. The van der Waals surface area contributed by atoms with Gasteiger partial charge < -0.3 is 15.0 Å². The lowest BCUT2D eigenvalue weighted by Crippen LogP contribution is -2.14. The van der Waals surface area contributed by atoms with Crippen molar-refractivity contribution in [3.8, 4) is 5.88 Å². The van der Waals surface area contributed by atoms with Crippen molar-refractivity contribution in [2.24, 2.45) is 0 Å². The van der Waals surface area contributed by atoms with Crippen LogP contribution in [0.2, 0.25) is 0 Å². The summed E-state index contributed by atoms with van der Waals surface area (Å²) in [6.07, 6.45) is 4.74. The molecular weight excluding hydrogens is 274 g/mol. The molecule has 22 heavy (non-hydrogen) atoms. The first-order valence-electron chi connectivity index (χ1n) is 7.71. The molecule has 0 bridgehead atoms. The van der Waals surface area contributed by atoms with Crippen LogP contribution in [0.1, 0.15) is 24.5 Å². The van der Waals surface area contributed by atoms with Gasteiger partial charge in [0, 0.05) is 41.9 Å². The van der Waals surface area contributed by atoms with Gasteiger partial charge in [-0.25, -0.2) is 4.98 Å². The van der Waals surface area contributed by atoms with Gasteiger partial charge in [0.25, 0.3) is 0 Å². The number of nitrogens with one attached hydrogen (secondary N) is 2. The van der Waals surface area contributed by atoms with E-state index in [1.165, 1.54) is 16.5 Å². The first-order chi connectivity index (χ1) is 10.9. The highest BCUT2D eigenvalue weighted by Gasteiger charge is 2.05. The van der Waals surface area contributed by atoms with Crippen molar-refractivity contribution >= 4 is 10.9 Å². The molecule has 2 heterocycles. The van der Waals surface area contributed by atoms with Gasteiger partial charge in [-0.1, -0.05) is 25.1 Å². The van der Waals surface area contributed by atoms with Crippen LogP contribution in [0.15, 0.2) is 48.8 Å². The first-order valence-corrected chi connectivity index (χ1v) is 7.71. The van der Waals surface area contributed by atoms with E-state index in [1.807, 2.05) is 12.3 Å². The fourth-order valence-electron chi connectivity index (χ4n) is 2.52.